The van der Waals surface area contributed by atoms with Gasteiger partial charge in [-0.25, -0.2) is 0 Å². The molecule has 1 unspecified atom stereocenters. The zero-order chi connectivity index (χ0) is 19.1. The van der Waals surface area contributed by atoms with Crippen LogP contribution in [0.3, 0.4) is 0 Å². The number of amidine groups is 1. The van der Waals surface area contributed by atoms with Gasteiger partial charge >= 0.3 is 0 Å². The predicted octanol–water partition coefficient (Wildman–Crippen LogP) is 3.01. The van der Waals surface area contributed by atoms with Crippen molar-refractivity contribution < 1.29 is 4.79 Å². The van der Waals surface area contributed by atoms with E-state index in [4.69, 9.17) is 5.73 Å². The first kappa shape index (κ1) is 18.3. The second-order valence-electron chi connectivity index (χ2n) is 6.17. The number of rotatable bonds is 7. The summed E-state index contributed by atoms with van der Waals surface area (Å²) >= 11 is 0. The minimum absolute atomic E-state index is 0.0274. The number of ketones is 1. The van der Waals surface area contributed by atoms with Crippen molar-refractivity contribution >= 4 is 11.6 Å². The first-order valence-corrected chi connectivity index (χ1v) is 8.63. The van der Waals surface area contributed by atoms with Crippen LogP contribution in [0, 0.1) is 6.92 Å². The Morgan fingerprint density at radius 1 is 1.11 bits per heavy atom. The van der Waals surface area contributed by atoms with Crippen molar-refractivity contribution in [2.24, 2.45) is 10.8 Å². The van der Waals surface area contributed by atoms with Gasteiger partial charge in [0.2, 0.25) is 0 Å². The van der Waals surface area contributed by atoms with Crippen molar-refractivity contribution in [2.45, 2.75) is 19.4 Å². The van der Waals surface area contributed by atoms with E-state index in [0.29, 0.717) is 11.3 Å². The summed E-state index contributed by atoms with van der Waals surface area (Å²) in [5.74, 6) is 0.289. The quantitative estimate of drug-likeness (QED) is 0.293. The van der Waals surface area contributed by atoms with Crippen molar-refractivity contribution in [3.63, 3.8) is 0 Å². The van der Waals surface area contributed by atoms with Crippen molar-refractivity contribution in [2.75, 3.05) is 0 Å². The molecule has 0 radical (unpaired) electrons. The van der Waals surface area contributed by atoms with Crippen LogP contribution in [-0.2, 0) is 0 Å². The highest BCUT2D eigenvalue weighted by Crippen LogP contribution is 2.19. The van der Waals surface area contributed by atoms with Gasteiger partial charge in [0, 0.05) is 30.6 Å². The first-order chi connectivity index (χ1) is 13.1. The minimum atomic E-state index is -0.330. The first-order valence-electron chi connectivity index (χ1n) is 8.63. The molecule has 2 heterocycles. The Hall–Kier alpha value is -3.54. The molecule has 0 aliphatic rings. The maximum Gasteiger partial charge on any atom is 0.169 e. The van der Waals surface area contributed by atoms with Gasteiger partial charge in [0.1, 0.15) is 5.69 Å². The van der Waals surface area contributed by atoms with Crippen molar-refractivity contribution in [1.29, 1.82) is 0 Å². The highest BCUT2D eigenvalue weighted by molar-refractivity contribution is 5.97. The summed E-state index contributed by atoms with van der Waals surface area (Å²) in [4.78, 5) is 21.0. The number of hydrazone groups is 1. The van der Waals surface area contributed by atoms with Gasteiger partial charge in [-0.1, -0.05) is 29.8 Å². The Bertz CT molecular complexity index is 926. The molecule has 0 saturated heterocycles. The third kappa shape index (κ3) is 4.98. The molecule has 1 atom stereocenters. The lowest BCUT2D eigenvalue weighted by Crippen LogP contribution is -2.25. The normalized spacial score (nSPS) is 12.4. The molecular weight excluding hydrogens is 338 g/mol. The van der Waals surface area contributed by atoms with Crippen LogP contribution in [0.5, 0.6) is 0 Å². The number of hydrogen-bond donors (Lipinski definition) is 2. The lowest BCUT2D eigenvalue weighted by atomic mass is 9.98. The number of carbonyl (C=O) groups is 1. The fraction of sp³-hybridized carbons (Fsp3) is 0.143. The fourth-order valence-electron chi connectivity index (χ4n) is 2.67. The van der Waals surface area contributed by atoms with Gasteiger partial charge in [0.05, 0.1) is 6.04 Å². The molecule has 0 spiro atoms. The summed E-state index contributed by atoms with van der Waals surface area (Å²) in [7, 11) is 0. The Morgan fingerprint density at radius 3 is 2.63 bits per heavy atom. The number of Topliss-reactive ketones (excluding diaryl/α,β-unsaturated/α-hetero) is 1. The Kier molecular flexibility index (Phi) is 5.89. The van der Waals surface area contributed by atoms with Crippen LogP contribution in [0.4, 0.5) is 0 Å². The lowest BCUT2D eigenvalue weighted by Gasteiger charge is -2.17. The van der Waals surface area contributed by atoms with Crippen LogP contribution in [0.25, 0.3) is 0 Å². The van der Waals surface area contributed by atoms with Crippen LogP contribution >= 0.6 is 0 Å². The van der Waals surface area contributed by atoms with E-state index in [-0.39, 0.29) is 24.1 Å². The molecule has 1 aromatic carbocycles. The van der Waals surface area contributed by atoms with Gasteiger partial charge in [-0.15, -0.1) is 0 Å². The molecule has 3 N–H and O–H groups in total. The summed E-state index contributed by atoms with van der Waals surface area (Å²) < 4.78 is 0. The van der Waals surface area contributed by atoms with Crippen LogP contribution in [0.1, 0.15) is 39.6 Å². The minimum Gasteiger partial charge on any atom is -0.380 e. The number of benzene rings is 1. The monoisotopic (exact) mass is 359 g/mol. The van der Waals surface area contributed by atoms with E-state index in [0.717, 1.165) is 11.1 Å². The number of pyridine rings is 2. The molecule has 0 aliphatic carbocycles. The zero-order valence-corrected chi connectivity index (χ0v) is 15.0. The Balaban J connectivity index is 1.80. The number of nitrogens with two attached hydrogens (primary N) is 1. The number of nitrogens with zero attached hydrogens (tertiary/aromatic N) is 3. The van der Waals surface area contributed by atoms with E-state index in [9.17, 15) is 4.79 Å². The standard InChI is InChI=1S/C21H21N5O/c1-15-5-4-6-17(13-15)20(27)14-19(16-8-11-23-12-9-16)25-26-21(22)18-7-2-3-10-24-18/h2-13,19,25H,14H2,1H3,(H2,22,26). The number of nitrogens with one attached hydrogen (secondary N) is 1. The van der Waals surface area contributed by atoms with Crippen molar-refractivity contribution in [3.05, 3.63) is 95.6 Å². The number of carbonyl (C=O) groups excluding carboxylic acids is 1. The largest absolute Gasteiger partial charge is 0.380 e. The summed E-state index contributed by atoms with van der Waals surface area (Å²) in [5, 5.41) is 4.24. The van der Waals surface area contributed by atoms with Crippen molar-refractivity contribution in [3.8, 4) is 0 Å². The highest BCUT2D eigenvalue weighted by atomic mass is 16.1. The van der Waals surface area contributed by atoms with Crippen LogP contribution in [-0.4, -0.2) is 21.6 Å². The molecule has 0 aliphatic heterocycles. The van der Waals surface area contributed by atoms with E-state index in [1.165, 1.54) is 0 Å². The molecule has 3 rings (SSSR count). The van der Waals surface area contributed by atoms with E-state index in [2.05, 4.69) is 20.5 Å². The topological polar surface area (TPSA) is 93.3 Å². The highest BCUT2D eigenvalue weighted by Gasteiger charge is 2.17. The van der Waals surface area contributed by atoms with E-state index in [1.807, 2.05) is 55.5 Å². The molecule has 27 heavy (non-hydrogen) atoms. The van der Waals surface area contributed by atoms with Gasteiger partial charge in [-0.3, -0.25) is 14.8 Å². The number of aryl methyl sites for hydroxylation is 1. The maximum atomic E-state index is 12.7. The average molecular weight is 359 g/mol. The van der Waals surface area contributed by atoms with Gasteiger partial charge in [-0.2, -0.15) is 5.10 Å². The van der Waals surface area contributed by atoms with Crippen LogP contribution < -0.4 is 11.2 Å². The molecule has 0 bridgehead atoms. The maximum absolute atomic E-state index is 12.7. The number of aromatic nitrogens is 2. The summed E-state index contributed by atoms with van der Waals surface area (Å²) in [5.41, 5.74) is 12.2. The van der Waals surface area contributed by atoms with Gasteiger partial charge in [0.15, 0.2) is 11.6 Å². The van der Waals surface area contributed by atoms with E-state index in [1.54, 1.807) is 24.7 Å². The van der Waals surface area contributed by atoms with Crippen molar-refractivity contribution in [1.82, 2.24) is 15.4 Å². The molecule has 0 fully saturated rings. The smallest absolute Gasteiger partial charge is 0.169 e. The third-order valence-electron chi connectivity index (χ3n) is 4.11. The second-order valence-corrected chi connectivity index (χ2v) is 6.17. The molecule has 6 heteroatoms. The molecular formula is C21H21N5O. The Morgan fingerprint density at radius 2 is 1.93 bits per heavy atom. The molecule has 2 aromatic heterocycles. The summed E-state index contributed by atoms with van der Waals surface area (Å²) in [6.45, 7) is 1.97. The molecule has 0 amide bonds. The zero-order valence-electron chi connectivity index (χ0n) is 15.0. The second kappa shape index (κ2) is 8.71. The van der Waals surface area contributed by atoms with E-state index < -0.39 is 0 Å². The Labute approximate surface area is 158 Å². The van der Waals surface area contributed by atoms with Gasteiger partial charge in [0.25, 0.3) is 0 Å². The summed E-state index contributed by atoms with van der Waals surface area (Å²) in [6, 6.07) is 16.4. The molecule has 0 saturated carbocycles. The van der Waals surface area contributed by atoms with Crippen LogP contribution in [0.2, 0.25) is 0 Å². The van der Waals surface area contributed by atoms with Crippen LogP contribution in [0.15, 0.2) is 78.3 Å². The number of hydrogen-bond acceptors (Lipinski definition) is 5. The van der Waals surface area contributed by atoms with E-state index >= 15 is 0 Å². The third-order valence-corrected chi connectivity index (χ3v) is 4.11. The fourth-order valence-corrected chi connectivity index (χ4v) is 2.67. The predicted molar refractivity (Wildman–Crippen MR) is 105 cm³/mol. The summed E-state index contributed by atoms with van der Waals surface area (Å²) in [6.07, 6.45) is 5.27. The average Bonchev–Trinajstić information content (AvgIpc) is 2.72. The van der Waals surface area contributed by atoms with Gasteiger partial charge in [-0.05, 0) is 42.8 Å². The van der Waals surface area contributed by atoms with Gasteiger partial charge < -0.3 is 11.2 Å². The molecule has 6 nitrogen and oxygen atoms in total. The SMILES string of the molecule is Cc1cccc(C(=O)CC(N/N=C(\N)c2ccccn2)c2ccncc2)c1. The molecule has 136 valence electrons. The lowest BCUT2D eigenvalue weighted by molar-refractivity contribution is 0.0968. The molecule has 3 aromatic rings.